The van der Waals surface area contributed by atoms with Gasteiger partial charge in [-0.15, -0.1) is 0 Å². The van der Waals surface area contributed by atoms with E-state index in [1.54, 1.807) is 0 Å². The van der Waals surface area contributed by atoms with Gasteiger partial charge in [0.2, 0.25) is 0 Å². The van der Waals surface area contributed by atoms with E-state index in [2.05, 4.69) is 10.6 Å². The summed E-state index contributed by atoms with van der Waals surface area (Å²) in [6, 6.07) is 4.74. The molecule has 1 amide bonds. The molecular formula is C23H20Cl3F7N2O. The zero-order valence-electron chi connectivity index (χ0n) is 18.7. The van der Waals surface area contributed by atoms with E-state index in [0.717, 1.165) is 18.2 Å². The molecule has 0 aromatic heterocycles. The van der Waals surface area contributed by atoms with Gasteiger partial charge in [-0.25, -0.2) is 4.39 Å². The van der Waals surface area contributed by atoms with Crippen LogP contribution < -0.4 is 10.6 Å². The van der Waals surface area contributed by atoms with Gasteiger partial charge in [-0.05, 0) is 55.3 Å². The molecule has 36 heavy (non-hydrogen) atoms. The molecule has 0 radical (unpaired) electrons. The number of amides is 1. The molecule has 0 fully saturated rings. The summed E-state index contributed by atoms with van der Waals surface area (Å²) in [5.74, 6) is -4.24. The van der Waals surface area contributed by atoms with Gasteiger partial charge in [-0.3, -0.25) is 4.79 Å². The average molecular weight is 580 g/mol. The number of alkyl halides is 6. The smallest absolute Gasteiger partial charge is 0.348 e. The van der Waals surface area contributed by atoms with Crippen molar-refractivity contribution in [1.29, 1.82) is 0 Å². The summed E-state index contributed by atoms with van der Waals surface area (Å²) in [6.07, 6.45) is -8.92. The molecule has 2 N–H and O–H groups in total. The van der Waals surface area contributed by atoms with Crippen molar-refractivity contribution in [3.05, 3.63) is 73.7 Å². The SMILES string of the molecule is Cc1cc(/C(F)=C/C(c2cc(Cl)c(Cl)c(Cl)c2)C(F)(F)F)ccc1C(=O)NC(C)CNCC(F)(F)F. The van der Waals surface area contributed by atoms with Crippen molar-refractivity contribution in [3.8, 4) is 0 Å². The van der Waals surface area contributed by atoms with Crippen LogP contribution in [0.5, 0.6) is 0 Å². The number of carbonyl (C=O) groups excluding carboxylic acids is 1. The van der Waals surface area contributed by atoms with Gasteiger partial charge in [0.1, 0.15) is 11.7 Å². The monoisotopic (exact) mass is 578 g/mol. The summed E-state index contributed by atoms with van der Waals surface area (Å²) in [7, 11) is 0. The quantitative estimate of drug-likeness (QED) is 0.247. The van der Waals surface area contributed by atoms with Crippen LogP contribution in [0.15, 0.2) is 36.4 Å². The zero-order valence-corrected chi connectivity index (χ0v) is 21.0. The molecule has 2 unspecified atom stereocenters. The van der Waals surface area contributed by atoms with Gasteiger partial charge in [0.15, 0.2) is 0 Å². The van der Waals surface area contributed by atoms with Gasteiger partial charge in [-0.1, -0.05) is 40.9 Å². The van der Waals surface area contributed by atoms with Crippen molar-refractivity contribution in [2.45, 2.75) is 38.2 Å². The van der Waals surface area contributed by atoms with E-state index in [4.69, 9.17) is 34.8 Å². The Bertz CT molecular complexity index is 1110. The zero-order chi connectivity index (χ0) is 27.4. The summed E-state index contributed by atoms with van der Waals surface area (Å²) < 4.78 is 92.7. The Morgan fingerprint density at radius 2 is 1.61 bits per heavy atom. The summed E-state index contributed by atoms with van der Waals surface area (Å²) in [5, 5.41) is 4.07. The summed E-state index contributed by atoms with van der Waals surface area (Å²) in [6.45, 7) is 1.55. The van der Waals surface area contributed by atoms with Gasteiger partial charge < -0.3 is 10.6 Å². The average Bonchev–Trinajstić information content (AvgIpc) is 2.73. The number of hydrogen-bond donors (Lipinski definition) is 2. The first-order chi connectivity index (χ1) is 16.5. The fourth-order valence-corrected chi connectivity index (χ4v) is 3.84. The van der Waals surface area contributed by atoms with Gasteiger partial charge in [0.05, 0.1) is 21.6 Å². The van der Waals surface area contributed by atoms with Crippen LogP contribution in [0.3, 0.4) is 0 Å². The number of carbonyl (C=O) groups is 1. The molecule has 3 nitrogen and oxygen atoms in total. The first-order valence-electron chi connectivity index (χ1n) is 10.3. The molecular weight excluding hydrogens is 560 g/mol. The van der Waals surface area contributed by atoms with E-state index in [0.29, 0.717) is 6.08 Å². The molecule has 2 rings (SSSR count). The third kappa shape index (κ3) is 8.54. The normalized spacial score (nSPS) is 14.5. The Hall–Kier alpha value is -2.01. The van der Waals surface area contributed by atoms with Crippen LogP contribution in [0.25, 0.3) is 5.83 Å². The molecule has 0 saturated heterocycles. The van der Waals surface area contributed by atoms with Crippen LogP contribution in [0.1, 0.15) is 39.9 Å². The van der Waals surface area contributed by atoms with Crippen molar-refractivity contribution in [2.75, 3.05) is 13.1 Å². The maximum atomic E-state index is 14.9. The highest BCUT2D eigenvalue weighted by Gasteiger charge is 2.40. The van der Waals surface area contributed by atoms with Gasteiger partial charge in [0, 0.05) is 23.7 Å². The topological polar surface area (TPSA) is 41.1 Å². The minimum Gasteiger partial charge on any atom is -0.348 e. The first-order valence-corrected chi connectivity index (χ1v) is 11.4. The number of nitrogens with one attached hydrogen (secondary N) is 2. The molecule has 13 heteroatoms. The summed E-state index contributed by atoms with van der Waals surface area (Å²) in [5.41, 5.74) is -0.315. The van der Waals surface area contributed by atoms with Crippen molar-refractivity contribution < 1.29 is 35.5 Å². The molecule has 0 aliphatic heterocycles. The lowest BCUT2D eigenvalue weighted by molar-refractivity contribution is -0.139. The third-order valence-electron chi connectivity index (χ3n) is 4.93. The van der Waals surface area contributed by atoms with Crippen molar-refractivity contribution in [3.63, 3.8) is 0 Å². The van der Waals surface area contributed by atoms with Gasteiger partial charge >= 0.3 is 12.4 Å². The molecule has 0 saturated carbocycles. The highest BCUT2D eigenvalue weighted by molar-refractivity contribution is 6.48. The molecule has 0 aliphatic rings. The van der Waals surface area contributed by atoms with E-state index in [1.165, 1.54) is 26.0 Å². The molecule has 0 spiro atoms. The third-order valence-corrected chi connectivity index (χ3v) is 6.13. The lowest BCUT2D eigenvalue weighted by Crippen LogP contribution is -2.42. The minimum absolute atomic E-state index is 0.0813. The molecule has 2 aromatic rings. The molecule has 198 valence electrons. The fourth-order valence-electron chi connectivity index (χ4n) is 3.23. The highest BCUT2D eigenvalue weighted by Crippen LogP contribution is 2.42. The highest BCUT2D eigenvalue weighted by atomic mass is 35.5. The molecule has 2 aromatic carbocycles. The van der Waals surface area contributed by atoms with Gasteiger partial charge in [-0.2, -0.15) is 26.3 Å². The molecule has 0 aliphatic carbocycles. The van der Waals surface area contributed by atoms with Crippen LogP contribution in [0.4, 0.5) is 30.7 Å². The van der Waals surface area contributed by atoms with E-state index in [-0.39, 0.29) is 38.3 Å². The maximum Gasteiger partial charge on any atom is 0.401 e. The van der Waals surface area contributed by atoms with Crippen LogP contribution in [-0.4, -0.2) is 37.4 Å². The van der Waals surface area contributed by atoms with E-state index >= 15 is 0 Å². The Morgan fingerprint density at radius 1 is 1.03 bits per heavy atom. The lowest BCUT2D eigenvalue weighted by Gasteiger charge is -2.19. The van der Waals surface area contributed by atoms with Gasteiger partial charge in [0.25, 0.3) is 5.91 Å². The fraction of sp³-hybridized carbons (Fsp3) is 0.348. The predicted octanol–water partition coefficient (Wildman–Crippen LogP) is 7.88. The maximum absolute atomic E-state index is 14.9. The number of halogens is 10. The molecule has 0 heterocycles. The number of hydrogen-bond acceptors (Lipinski definition) is 2. The van der Waals surface area contributed by atoms with Crippen molar-refractivity contribution in [1.82, 2.24) is 10.6 Å². The van der Waals surface area contributed by atoms with Crippen LogP contribution in [0, 0.1) is 6.92 Å². The number of allylic oxidation sites excluding steroid dienone is 1. The second kappa shape index (κ2) is 12.0. The van der Waals surface area contributed by atoms with Crippen molar-refractivity contribution >= 4 is 46.5 Å². The second-order valence-corrected chi connectivity index (χ2v) is 9.18. The lowest BCUT2D eigenvalue weighted by atomic mass is 9.95. The predicted molar refractivity (Wildman–Crippen MR) is 126 cm³/mol. The largest absolute Gasteiger partial charge is 0.401 e. The van der Waals surface area contributed by atoms with E-state index in [1.807, 2.05) is 0 Å². The Balaban J connectivity index is 2.24. The number of rotatable bonds is 8. The number of aryl methyl sites for hydroxylation is 1. The standard InChI is InChI=1S/C23H20Cl3F7N2O/c1-11-5-13(3-4-15(11)21(36)35-12(2)9-34-10-22(28,29)30)19(27)8-16(23(31,32)33)14-6-17(24)20(26)18(25)7-14/h3-8,12,16,34H,9-10H2,1-2H3,(H,35,36)/b19-8-. The van der Waals surface area contributed by atoms with Crippen LogP contribution in [0.2, 0.25) is 15.1 Å². The molecule has 0 bridgehead atoms. The van der Waals surface area contributed by atoms with Crippen LogP contribution >= 0.6 is 34.8 Å². The first kappa shape index (κ1) is 30.2. The minimum atomic E-state index is -4.89. The van der Waals surface area contributed by atoms with Crippen molar-refractivity contribution in [2.24, 2.45) is 0 Å². The Morgan fingerprint density at radius 3 is 2.11 bits per heavy atom. The second-order valence-electron chi connectivity index (χ2n) is 7.98. The number of benzene rings is 2. The summed E-state index contributed by atoms with van der Waals surface area (Å²) in [4.78, 5) is 12.4. The van der Waals surface area contributed by atoms with E-state index in [9.17, 15) is 35.5 Å². The van der Waals surface area contributed by atoms with E-state index < -0.39 is 48.2 Å². The van der Waals surface area contributed by atoms with Crippen LogP contribution in [-0.2, 0) is 0 Å². The Labute approximate surface area is 217 Å². The summed E-state index contributed by atoms with van der Waals surface area (Å²) >= 11 is 17.4. The molecule has 2 atom stereocenters. The Kier molecular flexibility index (Phi) is 10.1.